The first-order valence-electron chi connectivity index (χ1n) is 8.54. The Kier molecular flexibility index (Phi) is 5.53. The fourth-order valence-corrected chi connectivity index (χ4v) is 5.44. The lowest BCUT2D eigenvalue weighted by molar-refractivity contribution is -0.133. The molecule has 0 aliphatic carbocycles. The zero-order chi connectivity index (χ0) is 20.7. The topological polar surface area (TPSA) is 179 Å². The van der Waals surface area contributed by atoms with Crippen LogP contribution in [0.15, 0.2) is 0 Å². The zero-order valence-corrected chi connectivity index (χ0v) is 16.2. The first kappa shape index (κ1) is 20.8. The number of fused-ring (bicyclic) bond motifs is 2. The van der Waals surface area contributed by atoms with E-state index in [1.807, 2.05) is 0 Å². The zero-order valence-electron chi connectivity index (χ0n) is 14.6. The predicted octanol–water partition coefficient (Wildman–Crippen LogP) is -2.04. The van der Waals surface area contributed by atoms with E-state index in [1.165, 1.54) is 0 Å². The van der Waals surface area contributed by atoms with Crippen molar-refractivity contribution >= 4 is 38.1 Å². The molecule has 0 spiro atoms. The van der Waals surface area contributed by atoms with Gasteiger partial charge in [-0.2, -0.15) is 13.5 Å². The number of carbonyl (C=O) groups is 3. The second-order valence-electron chi connectivity index (χ2n) is 6.91. The summed E-state index contributed by atoms with van der Waals surface area (Å²) in [7, 11) is -8.00. The number of sulfone groups is 1. The van der Waals surface area contributed by atoms with Gasteiger partial charge in [0.2, 0.25) is 5.91 Å². The number of hydrazine groups is 1. The van der Waals surface area contributed by atoms with Crippen LogP contribution in [0.4, 0.5) is 4.79 Å². The van der Waals surface area contributed by atoms with Gasteiger partial charge in [-0.25, -0.2) is 13.2 Å². The number of carbonyl (C=O) groups excluding carboxylic acids is 3. The van der Waals surface area contributed by atoms with Crippen molar-refractivity contribution in [2.45, 2.75) is 37.8 Å². The number of piperidine rings is 1. The monoisotopic (exact) mass is 440 g/mol. The van der Waals surface area contributed by atoms with Crippen molar-refractivity contribution in [3.05, 3.63) is 0 Å². The summed E-state index contributed by atoms with van der Waals surface area (Å²) < 4.78 is 57.6. The molecule has 3 N–H and O–H groups in total. The highest BCUT2D eigenvalue weighted by molar-refractivity contribution is 7.91. The Labute approximate surface area is 161 Å². The van der Waals surface area contributed by atoms with Gasteiger partial charge in [0, 0.05) is 12.5 Å². The van der Waals surface area contributed by atoms with Crippen LogP contribution in [0.2, 0.25) is 0 Å². The van der Waals surface area contributed by atoms with Crippen molar-refractivity contribution in [3.63, 3.8) is 0 Å². The fourth-order valence-electron chi connectivity index (χ4n) is 3.56. The average Bonchev–Trinajstić information content (AvgIpc) is 2.83. The molecule has 0 saturated carbocycles. The van der Waals surface area contributed by atoms with E-state index in [1.54, 1.807) is 0 Å². The molecule has 3 aliphatic rings. The van der Waals surface area contributed by atoms with Gasteiger partial charge in [-0.1, -0.05) is 0 Å². The van der Waals surface area contributed by atoms with E-state index in [0.29, 0.717) is 5.06 Å². The van der Waals surface area contributed by atoms with Crippen molar-refractivity contribution in [2.24, 2.45) is 5.92 Å². The summed E-state index contributed by atoms with van der Waals surface area (Å²) in [6.07, 6.45) is 0.790. The third kappa shape index (κ3) is 4.53. The number of hydrogen-bond donors (Lipinski definition) is 3. The Morgan fingerprint density at radius 1 is 1.07 bits per heavy atom. The number of nitrogens with one attached hydrogen (secondary N) is 2. The molecular formula is C13H20N4O9S2. The molecule has 158 valence electrons. The highest BCUT2D eigenvalue weighted by Crippen LogP contribution is 2.30. The minimum atomic E-state index is -4.88. The normalized spacial score (nSPS) is 27.5. The summed E-state index contributed by atoms with van der Waals surface area (Å²) in [5.41, 5.74) is 4.48. The summed E-state index contributed by atoms with van der Waals surface area (Å²) in [5.74, 6) is -1.89. The molecule has 3 rings (SSSR count). The number of amides is 4. The largest absolute Gasteiger partial charge is 0.418 e. The van der Waals surface area contributed by atoms with Crippen molar-refractivity contribution in [1.29, 1.82) is 0 Å². The number of nitrogens with zero attached hydrogens (tertiary/aromatic N) is 2. The van der Waals surface area contributed by atoms with E-state index in [9.17, 15) is 31.2 Å². The second-order valence-corrected chi connectivity index (χ2v) is 10.2. The van der Waals surface area contributed by atoms with E-state index >= 15 is 0 Å². The van der Waals surface area contributed by atoms with Crippen LogP contribution in [0, 0.1) is 5.92 Å². The van der Waals surface area contributed by atoms with E-state index in [4.69, 9.17) is 4.55 Å². The van der Waals surface area contributed by atoms with Crippen molar-refractivity contribution in [3.8, 4) is 0 Å². The van der Waals surface area contributed by atoms with Crippen LogP contribution in [0.25, 0.3) is 0 Å². The maximum atomic E-state index is 12.4. The number of hydroxylamine groups is 2. The summed E-state index contributed by atoms with van der Waals surface area (Å²) in [4.78, 5) is 37.8. The van der Waals surface area contributed by atoms with E-state index in [-0.39, 0.29) is 43.7 Å². The van der Waals surface area contributed by atoms with Crippen LogP contribution in [0.1, 0.15) is 25.7 Å². The second kappa shape index (κ2) is 7.46. The first-order valence-corrected chi connectivity index (χ1v) is 11.7. The molecule has 2 atom stereocenters. The number of hydrogen-bond acceptors (Lipinski definition) is 8. The van der Waals surface area contributed by atoms with Gasteiger partial charge in [0.1, 0.15) is 15.9 Å². The molecule has 2 bridgehead atoms. The van der Waals surface area contributed by atoms with Gasteiger partial charge in [0.15, 0.2) is 0 Å². The Hall–Kier alpha value is -1.97. The Morgan fingerprint density at radius 2 is 1.68 bits per heavy atom. The highest BCUT2D eigenvalue weighted by atomic mass is 32.3. The van der Waals surface area contributed by atoms with Gasteiger partial charge in [0.25, 0.3) is 5.91 Å². The maximum Gasteiger partial charge on any atom is 0.418 e. The van der Waals surface area contributed by atoms with Crippen molar-refractivity contribution < 1.29 is 40.1 Å². The third-order valence-electron chi connectivity index (χ3n) is 5.03. The quantitative estimate of drug-likeness (QED) is 0.328. The molecule has 4 amide bonds. The van der Waals surface area contributed by atoms with E-state index < -0.39 is 56.1 Å². The maximum absolute atomic E-state index is 12.4. The predicted molar refractivity (Wildman–Crippen MR) is 91.0 cm³/mol. The minimum Gasteiger partial charge on any atom is -0.309 e. The van der Waals surface area contributed by atoms with Crippen molar-refractivity contribution in [1.82, 2.24) is 20.8 Å². The average molecular weight is 440 g/mol. The summed E-state index contributed by atoms with van der Waals surface area (Å²) in [6.45, 7) is 0.0286. The molecule has 3 aliphatic heterocycles. The lowest BCUT2D eigenvalue weighted by Crippen LogP contribution is -2.55. The van der Waals surface area contributed by atoms with Crippen LogP contribution in [0.3, 0.4) is 0 Å². The van der Waals surface area contributed by atoms with Crippen LogP contribution in [-0.2, 0) is 34.1 Å². The molecule has 3 saturated heterocycles. The van der Waals surface area contributed by atoms with Gasteiger partial charge in [-0.15, -0.1) is 4.28 Å². The van der Waals surface area contributed by atoms with Crippen LogP contribution in [-0.4, -0.2) is 79.3 Å². The smallest absolute Gasteiger partial charge is 0.309 e. The molecule has 3 heterocycles. The number of urea groups is 1. The molecule has 0 aromatic rings. The highest BCUT2D eigenvalue weighted by Gasteiger charge is 2.49. The third-order valence-corrected chi connectivity index (χ3v) is 7.10. The van der Waals surface area contributed by atoms with E-state index in [2.05, 4.69) is 15.1 Å². The minimum absolute atomic E-state index is 0.0286. The molecule has 0 unspecified atom stereocenters. The van der Waals surface area contributed by atoms with Crippen LogP contribution in [0.5, 0.6) is 0 Å². The molecule has 13 nitrogen and oxygen atoms in total. The summed E-state index contributed by atoms with van der Waals surface area (Å²) >= 11 is 0. The van der Waals surface area contributed by atoms with Gasteiger partial charge in [-0.3, -0.25) is 25.0 Å². The Morgan fingerprint density at radius 3 is 2.29 bits per heavy atom. The van der Waals surface area contributed by atoms with Crippen LogP contribution >= 0.6 is 0 Å². The first-order chi connectivity index (χ1) is 13.0. The lowest BCUT2D eigenvalue weighted by Gasteiger charge is -2.29. The van der Waals surface area contributed by atoms with Gasteiger partial charge in [-0.05, 0) is 25.7 Å². The standard InChI is InChI=1S/C13H20N4O9S2/c18-11(8-3-5-27(21,22)6-4-8)14-15-12(19)10-2-1-9-7-16(10)13(20)17(9)26-28(23,24)25/h8-10H,1-7H2,(H,14,18)(H,15,19)(H,23,24,25)/t9-,10+/m1/s1. The molecule has 0 aromatic heterocycles. The molecule has 15 heteroatoms. The molecular weight excluding hydrogens is 420 g/mol. The molecule has 0 radical (unpaired) electrons. The van der Waals surface area contributed by atoms with Crippen LogP contribution < -0.4 is 10.9 Å². The van der Waals surface area contributed by atoms with Gasteiger partial charge < -0.3 is 4.90 Å². The van der Waals surface area contributed by atoms with Gasteiger partial charge >= 0.3 is 16.4 Å². The summed E-state index contributed by atoms with van der Waals surface area (Å²) in [5, 5.41) is 0.518. The molecule has 28 heavy (non-hydrogen) atoms. The van der Waals surface area contributed by atoms with Gasteiger partial charge in [0.05, 0.1) is 17.5 Å². The lowest BCUT2D eigenvalue weighted by atomic mass is 10.0. The molecule has 3 fully saturated rings. The molecule has 0 aromatic carbocycles. The Balaban J connectivity index is 1.54. The fraction of sp³-hybridized carbons (Fsp3) is 0.769. The SMILES string of the molecule is O=C(NNC(=O)[C@@H]1CC[C@@H]2CN1C(=O)N2OS(=O)(=O)O)C1CCS(=O)(=O)CC1. The Bertz CT molecular complexity index is 874. The summed E-state index contributed by atoms with van der Waals surface area (Å²) in [6, 6.07) is -2.47. The van der Waals surface area contributed by atoms with E-state index in [0.717, 1.165) is 4.90 Å². The number of rotatable bonds is 4. The van der Waals surface area contributed by atoms with Crippen molar-refractivity contribution in [2.75, 3.05) is 18.1 Å².